The Balaban J connectivity index is 1.91. The summed E-state index contributed by atoms with van der Waals surface area (Å²) in [5.41, 5.74) is 1.15. The second-order valence-electron chi connectivity index (χ2n) is 5.28. The van der Waals surface area contributed by atoms with Crippen molar-refractivity contribution in [1.29, 1.82) is 0 Å². The van der Waals surface area contributed by atoms with Gasteiger partial charge in [-0.15, -0.1) is 11.3 Å². The Bertz CT molecular complexity index is 383. The maximum absolute atomic E-state index is 5.56. The first-order valence-corrected chi connectivity index (χ1v) is 8.05. The predicted octanol–water partition coefficient (Wildman–Crippen LogP) is 2.50. The number of thiazole rings is 1. The Morgan fingerprint density at radius 3 is 3.16 bits per heavy atom. The number of aromatic nitrogens is 1. The monoisotopic (exact) mass is 283 g/mol. The first-order valence-electron chi connectivity index (χ1n) is 7.17. The third-order valence-electron chi connectivity index (χ3n) is 3.74. The van der Waals surface area contributed by atoms with Crippen LogP contribution in [0.3, 0.4) is 0 Å². The van der Waals surface area contributed by atoms with Gasteiger partial charge in [-0.05, 0) is 25.3 Å². The van der Waals surface area contributed by atoms with Crippen molar-refractivity contribution < 1.29 is 4.74 Å². The lowest BCUT2D eigenvalue weighted by molar-refractivity contribution is 0.0498. The lowest BCUT2D eigenvalue weighted by Crippen LogP contribution is -2.43. The molecule has 0 spiro atoms. The molecule has 0 radical (unpaired) electrons. The number of piperidine rings is 1. The highest BCUT2D eigenvalue weighted by atomic mass is 32.1. The summed E-state index contributed by atoms with van der Waals surface area (Å²) >= 11 is 1.75. The van der Waals surface area contributed by atoms with Gasteiger partial charge in [0.05, 0.1) is 11.8 Å². The molecule has 108 valence electrons. The van der Waals surface area contributed by atoms with Crippen LogP contribution in [0.5, 0.6) is 0 Å². The maximum atomic E-state index is 5.56. The van der Waals surface area contributed by atoms with Crippen molar-refractivity contribution in [2.75, 3.05) is 31.6 Å². The zero-order chi connectivity index (χ0) is 13.7. The van der Waals surface area contributed by atoms with Crippen LogP contribution in [-0.4, -0.2) is 37.8 Å². The highest BCUT2D eigenvalue weighted by Gasteiger charge is 2.27. The fraction of sp³-hybridized carbons (Fsp3) is 0.786. The summed E-state index contributed by atoms with van der Waals surface area (Å²) in [5.74, 6) is 0.645. The highest BCUT2D eigenvalue weighted by Crippen LogP contribution is 2.27. The highest BCUT2D eigenvalue weighted by molar-refractivity contribution is 7.13. The van der Waals surface area contributed by atoms with Crippen LogP contribution in [0.1, 0.15) is 32.4 Å². The van der Waals surface area contributed by atoms with E-state index in [-0.39, 0.29) is 0 Å². The Morgan fingerprint density at radius 1 is 1.58 bits per heavy atom. The standard InChI is InChI=1S/C14H25N3OS/c1-4-6-15-8-12-10-19-14(16-12)17-7-5-11(2)13(9-17)18-3/h10-11,13,15H,4-9H2,1-3H3. The first kappa shape index (κ1) is 14.8. The number of nitrogens with zero attached hydrogens (tertiary/aromatic N) is 2. The molecule has 0 bridgehead atoms. The van der Waals surface area contributed by atoms with Crippen LogP contribution in [0, 0.1) is 5.92 Å². The van der Waals surface area contributed by atoms with Gasteiger partial charge in [-0.2, -0.15) is 0 Å². The average Bonchev–Trinajstić information content (AvgIpc) is 2.88. The minimum Gasteiger partial charge on any atom is -0.379 e. The van der Waals surface area contributed by atoms with E-state index >= 15 is 0 Å². The van der Waals surface area contributed by atoms with E-state index in [0.29, 0.717) is 12.0 Å². The minimum atomic E-state index is 0.333. The van der Waals surface area contributed by atoms with Crippen LogP contribution < -0.4 is 10.2 Å². The molecule has 1 aliphatic rings. The molecule has 0 aliphatic carbocycles. The van der Waals surface area contributed by atoms with E-state index in [9.17, 15) is 0 Å². The Kier molecular flexibility index (Phi) is 5.60. The normalized spacial score (nSPS) is 23.8. The van der Waals surface area contributed by atoms with Gasteiger partial charge in [-0.1, -0.05) is 13.8 Å². The summed E-state index contributed by atoms with van der Waals surface area (Å²) in [4.78, 5) is 7.09. The van der Waals surface area contributed by atoms with Crippen molar-refractivity contribution in [3.63, 3.8) is 0 Å². The minimum absolute atomic E-state index is 0.333. The van der Waals surface area contributed by atoms with Gasteiger partial charge in [-0.3, -0.25) is 0 Å². The summed E-state index contributed by atoms with van der Waals surface area (Å²) < 4.78 is 5.56. The van der Waals surface area contributed by atoms with Gasteiger partial charge >= 0.3 is 0 Å². The molecule has 1 aromatic rings. The zero-order valence-electron chi connectivity index (χ0n) is 12.2. The van der Waals surface area contributed by atoms with E-state index < -0.39 is 0 Å². The van der Waals surface area contributed by atoms with Gasteiger partial charge in [0.25, 0.3) is 0 Å². The number of methoxy groups -OCH3 is 1. The van der Waals surface area contributed by atoms with Gasteiger partial charge in [0.15, 0.2) is 5.13 Å². The molecular weight excluding hydrogens is 258 g/mol. The Hall–Kier alpha value is -0.650. The zero-order valence-corrected chi connectivity index (χ0v) is 13.0. The van der Waals surface area contributed by atoms with Crippen molar-refractivity contribution in [3.8, 4) is 0 Å². The smallest absolute Gasteiger partial charge is 0.185 e. The number of hydrogen-bond acceptors (Lipinski definition) is 5. The molecule has 2 rings (SSSR count). The second kappa shape index (κ2) is 7.22. The van der Waals surface area contributed by atoms with E-state index in [1.54, 1.807) is 11.3 Å². The van der Waals surface area contributed by atoms with Crippen LogP contribution in [-0.2, 0) is 11.3 Å². The van der Waals surface area contributed by atoms with Crippen LogP contribution in [0.25, 0.3) is 0 Å². The van der Waals surface area contributed by atoms with Crippen LogP contribution >= 0.6 is 11.3 Å². The van der Waals surface area contributed by atoms with Gasteiger partial charge in [0.2, 0.25) is 0 Å². The third-order valence-corrected chi connectivity index (χ3v) is 4.69. The summed E-state index contributed by atoms with van der Waals surface area (Å²) in [6.45, 7) is 8.44. The molecule has 2 atom stereocenters. The Morgan fingerprint density at radius 2 is 2.42 bits per heavy atom. The van der Waals surface area contributed by atoms with Crippen molar-refractivity contribution >= 4 is 16.5 Å². The van der Waals surface area contributed by atoms with Crippen LogP contribution in [0.2, 0.25) is 0 Å². The van der Waals surface area contributed by atoms with Gasteiger partial charge < -0.3 is 15.0 Å². The molecule has 1 aromatic heterocycles. The van der Waals surface area contributed by atoms with Gasteiger partial charge in [0, 0.05) is 32.1 Å². The van der Waals surface area contributed by atoms with E-state index in [4.69, 9.17) is 9.72 Å². The number of hydrogen-bond donors (Lipinski definition) is 1. The summed E-state index contributed by atoms with van der Waals surface area (Å²) in [7, 11) is 1.81. The van der Waals surface area contributed by atoms with Gasteiger partial charge in [0.1, 0.15) is 0 Å². The molecule has 2 unspecified atom stereocenters. The summed E-state index contributed by atoms with van der Waals surface area (Å²) in [6.07, 6.45) is 2.68. The van der Waals surface area contributed by atoms with Gasteiger partial charge in [-0.25, -0.2) is 4.98 Å². The summed E-state index contributed by atoms with van der Waals surface area (Å²) in [6, 6.07) is 0. The number of rotatable bonds is 6. The fourth-order valence-corrected chi connectivity index (χ4v) is 3.29. The molecule has 4 nitrogen and oxygen atoms in total. The van der Waals surface area contributed by atoms with E-state index in [0.717, 1.165) is 43.4 Å². The molecule has 1 saturated heterocycles. The second-order valence-corrected chi connectivity index (χ2v) is 6.12. The number of ether oxygens (including phenoxy) is 1. The average molecular weight is 283 g/mol. The van der Waals surface area contributed by atoms with Crippen molar-refractivity contribution in [1.82, 2.24) is 10.3 Å². The quantitative estimate of drug-likeness (QED) is 0.814. The maximum Gasteiger partial charge on any atom is 0.185 e. The predicted molar refractivity (Wildman–Crippen MR) is 80.9 cm³/mol. The lowest BCUT2D eigenvalue weighted by atomic mass is 9.96. The van der Waals surface area contributed by atoms with Crippen LogP contribution in [0.4, 0.5) is 5.13 Å². The molecule has 0 amide bonds. The molecule has 1 N–H and O–H groups in total. The summed E-state index contributed by atoms with van der Waals surface area (Å²) in [5, 5.41) is 6.70. The van der Waals surface area contributed by atoms with Crippen molar-refractivity contribution in [2.24, 2.45) is 5.92 Å². The number of anilines is 1. The first-order chi connectivity index (χ1) is 9.24. The van der Waals surface area contributed by atoms with E-state index in [1.807, 2.05) is 7.11 Å². The molecule has 1 fully saturated rings. The van der Waals surface area contributed by atoms with Crippen molar-refractivity contribution in [3.05, 3.63) is 11.1 Å². The lowest BCUT2D eigenvalue weighted by Gasteiger charge is -2.36. The third kappa shape index (κ3) is 3.91. The van der Waals surface area contributed by atoms with E-state index in [2.05, 4.69) is 29.4 Å². The SMILES string of the molecule is CCCNCc1csc(N2CCC(C)C(OC)C2)n1. The topological polar surface area (TPSA) is 37.4 Å². The molecule has 0 aromatic carbocycles. The molecule has 19 heavy (non-hydrogen) atoms. The van der Waals surface area contributed by atoms with E-state index in [1.165, 1.54) is 6.42 Å². The Labute approximate surface area is 120 Å². The molecular formula is C14H25N3OS. The van der Waals surface area contributed by atoms with Crippen LogP contribution in [0.15, 0.2) is 5.38 Å². The molecule has 0 saturated carbocycles. The number of nitrogens with one attached hydrogen (secondary N) is 1. The molecule has 5 heteroatoms. The fourth-order valence-electron chi connectivity index (χ4n) is 2.43. The van der Waals surface area contributed by atoms with Crippen molar-refractivity contribution in [2.45, 2.75) is 39.3 Å². The molecule has 1 aliphatic heterocycles. The molecule has 2 heterocycles. The largest absolute Gasteiger partial charge is 0.379 e.